The van der Waals surface area contributed by atoms with Gasteiger partial charge < -0.3 is 9.47 Å². The Morgan fingerprint density at radius 3 is 2.33 bits per heavy atom. The van der Waals surface area contributed by atoms with Crippen molar-refractivity contribution in [3.05, 3.63) is 42.2 Å². The predicted octanol–water partition coefficient (Wildman–Crippen LogP) is 4.70. The monoisotopic (exact) mass is 370 g/mol. The van der Waals surface area contributed by atoms with Crippen LogP contribution in [0.4, 0.5) is 0 Å². The second-order valence-corrected chi connectivity index (χ2v) is 7.04. The van der Waals surface area contributed by atoms with Crippen LogP contribution in [0, 0.1) is 11.8 Å². The summed E-state index contributed by atoms with van der Waals surface area (Å²) in [6.45, 7) is 9.30. The van der Waals surface area contributed by atoms with E-state index in [-0.39, 0.29) is 11.9 Å². The molecule has 5 nitrogen and oxygen atoms in total. The fourth-order valence-electron chi connectivity index (χ4n) is 2.47. The average molecular weight is 370 g/mol. The quantitative estimate of drug-likeness (QED) is 0.567. The van der Waals surface area contributed by atoms with Gasteiger partial charge in [-0.2, -0.15) is 0 Å². The van der Waals surface area contributed by atoms with Gasteiger partial charge in [0.25, 0.3) is 0 Å². The maximum absolute atomic E-state index is 12.1. The molecule has 2 rings (SSSR count). The Morgan fingerprint density at radius 2 is 1.74 bits per heavy atom. The van der Waals surface area contributed by atoms with Gasteiger partial charge in [-0.1, -0.05) is 58.4 Å². The number of carbonyl (C=O) groups excluding carboxylic acids is 1. The van der Waals surface area contributed by atoms with E-state index in [1.165, 1.54) is 0 Å². The molecular formula is C22H30N2O3. The Balaban J connectivity index is 1.91. The molecule has 0 aliphatic rings. The van der Waals surface area contributed by atoms with E-state index in [1.807, 2.05) is 31.2 Å². The highest BCUT2D eigenvalue weighted by atomic mass is 16.5. The van der Waals surface area contributed by atoms with Crippen LogP contribution in [0.1, 0.15) is 46.1 Å². The Labute approximate surface area is 162 Å². The topological polar surface area (TPSA) is 61.3 Å². The molecule has 0 bridgehead atoms. The highest BCUT2D eigenvalue weighted by molar-refractivity contribution is 5.72. The van der Waals surface area contributed by atoms with Crippen LogP contribution in [0.25, 0.3) is 11.4 Å². The Bertz CT molecular complexity index is 699. The van der Waals surface area contributed by atoms with Crippen LogP contribution in [0.5, 0.6) is 5.75 Å². The van der Waals surface area contributed by atoms with E-state index in [2.05, 4.69) is 30.7 Å². The molecule has 1 heterocycles. The highest BCUT2D eigenvalue weighted by Crippen LogP contribution is 2.19. The average Bonchev–Trinajstić information content (AvgIpc) is 2.71. The summed E-state index contributed by atoms with van der Waals surface area (Å²) in [6.07, 6.45) is 6.01. The minimum absolute atomic E-state index is 0.134. The van der Waals surface area contributed by atoms with Crippen LogP contribution in [0.2, 0.25) is 0 Å². The number of benzene rings is 1. The molecule has 0 radical (unpaired) electrons. The number of esters is 1. The van der Waals surface area contributed by atoms with E-state index in [0.717, 1.165) is 24.0 Å². The first-order chi connectivity index (χ1) is 13.0. The minimum Gasteiger partial charge on any atom is -0.490 e. The first-order valence-corrected chi connectivity index (χ1v) is 9.74. The van der Waals surface area contributed by atoms with Crippen molar-refractivity contribution in [2.75, 3.05) is 13.2 Å². The van der Waals surface area contributed by atoms with Crippen molar-refractivity contribution in [2.24, 2.45) is 11.8 Å². The third-order valence-electron chi connectivity index (χ3n) is 4.46. The lowest BCUT2D eigenvalue weighted by Gasteiger charge is -2.14. The van der Waals surface area contributed by atoms with Crippen molar-refractivity contribution in [3.8, 4) is 17.1 Å². The zero-order valence-corrected chi connectivity index (χ0v) is 16.8. The normalized spacial score (nSPS) is 13.0. The molecule has 0 amide bonds. The van der Waals surface area contributed by atoms with Crippen molar-refractivity contribution < 1.29 is 14.3 Å². The maximum Gasteiger partial charge on any atom is 0.308 e. The third kappa shape index (κ3) is 6.66. The zero-order chi connectivity index (χ0) is 19.6. The van der Waals surface area contributed by atoms with E-state index in [9.17, 15) is 4.79 Å². The van der Waals surface area contributed by atoms with Gasteiger partial charge in [0.05, 0.1) is 31.5 Å². The number of rotatable bonds is 10. The molecule has 146 valence electrons. The van der Waals surface area contributed by atoms with Gasteiger partial charge in [-0.05, 0) is 24.3 Å². The number of carbonyl (C=O) groups is 1. The van der Waals surface area contributed by atoms with E-state index in [4.69, 9.17) is 9.47 Å². The molecule has 0 aliphatic heterocycles. The second kappa shape index (κ2) is 10.7. The first-order valence-electron chi connectivity index (χ1n) is 9.74. The standard InChI is InChI=1S/C22H30N2O3/c1-5-11-26-20-13-23-21(24-14-20)19-9-7-18(8-10-19)12-17(4)22(25)27-15-16(3)6-2/h7-10,13-14,16-17H,5-6,11-12,15H2,1-4H3. The Morgan fingerprint density at radius 1 is 1.07 bits per heavy atom. The van der Waals surface area contributed by atoms with Crippen LogP contribution < -0.4 is 4.74 Å². The summed E-state index contributed by atoms with van der Waals surface area (Å²) in [4.78, 5) is 20.8. The van der Waals surface area contributed by atoms with Crippen LogP contribution in [-0.2, 0) is 16.0 Å². The predicted molar refractivity (Wildman–Crippen MR) is 107 cm³/mol. The molecule has 0 saturated carbocycles. The van der Waals surface area contributed by atoms with E-state index in [1.54, 1.807) is 12.4 Å². The van der Waals surface area contributed by atoms with Crippen molar-refractivity contribution in [1.29, 1.82) is 0 Å². The smallest absolute Gasteiger partial charge is 0.308 e. The summed E-state index contributed by atoms with van der Waals surface area (Å²) in [6, 6.07) is 7.99. The Hall–Kier alpha value is -2.43. The zero-order valence-electron chi connectivity index (χ0n) is 16.8. The summed E-state index contributed by atoms with van der Waals surface area (Å²) < 4.78 is 10.9. The van der Waals surface area contributed by atoms with Crippen molar-refractivity contribution in [2.45, 2.75) is 47.0 Å². The molecule has 0 fully saturated rings. The number of hydrogen-bond donors (Lipinski definition) is 0. The Kier molecular flexibility index (Phi) is 8.24. The van der Waals surface area contributed by atoms with Gasteiger partial charge >= 0.3 is 5.97 Å². The number of nitrogens with zero attached hydrogens (tertiary/aromatic N) is 2. The second-order valence-electron chi connectivity index (χ2n) is 7.04. The van der Waals surface area contributed by atoms with Crippen molar-refractivity contribution >= 4 is 5.97 Å². The largest absolute Gasteiger partial charge is 0.490 e. The summed E-state index contributed by atoms with van der Waals surface area (Å²) in [5.74, 6) is 1.45. The summed E-state index contributed by atoms with van der Waals surface area (Å²) in [7, 11) is 0. The van der Waals surface area contributed by atoms with E-state index in [0.29, 0.717) is 37.1 Å². The van der Waals surface area contributed by atoms with Gasteiger partial charge in [-0.15, -0.1) is 0 Å². The highest BCUT2D eigenvalue weighted by Gasteiger charge is 2.16. The van der Waals surface area contributed by atoms with Gasteiger partial charge in [-0.3, -0.25) is 4.79 Å². The number of ether oxygens (including phenoxy) is 2. The number of hydrogen-bond acceptors (Lipinski definition) is 5. The molecule has 1 aromatic heterocycles. The molecule has 1 aromatic carbocycles. The molecule has 0 saturated heterocycles. The van der Waals surface area contributed by atoms with Gasteiger partial charge in [0, 0.05) is 5.56 Å². The molecule has 0 spiro atoms. The maximum atomic E-state index is 12.1. The van der Waals surface area contributed by atoms with Gasteiger partial charge in [0.1, 0.15) is 0 Å². The molecule has 2 aromatic rings. The van der Waals surface area contributed by atoms with Gasteiger partial charge in [0.2, 0.25) is 0 Å². The van der Waals surface area contributed by atoms with Crippen molar-refractivity contribution in [3.63, 3.8) is 0 Å². The molecule has 0 aliphatic carbocycles. The lowest BCUT2D eigenvalue weighted by molar-refractivity contribution is -0.149. The molecule has 2 unspecified atom stereocenters. The van der Waals surface area contributed by atoms with E-state index < -0.39 is 0 Å². The molecule has 0 N–H and O–H groups in total. The van der Waals surface area contributed by atoms with Crippen LogP contribution >= 0.6 is 0 Å². The number of aromatic nitrogens is 2. The minimum atomic E-state index is -0.161. The fourth-order valence-corrected chi connectivity index (χ4v) is 2.47. The van der Waals surface area contributed by atoms with Crippen LogP contribution in [0.15, 0.2) is 36.7 Å². The first kappa shape index (κ1) is 20.9. The third-order valence-corrected chi connectivity index (χ3v) is 4.46. The lowest BCUT2D eigenvalue weighted by atomic mass is 10.00. The molecule has 5 heteroatoms. The summed E-state index contributed by atoms with van der Waals surface area (Å²) >= 11 is 0. The molecule has 2 atom stereocenters. The van der Waals surface area contributed by atoms with Crippen molar-refractivity contribution in [1.82, 2.24) is 9.97 Å². The van der Waals surface area contributed by atoms with Gasteiger partial charge in [-0.25, -0.2) is 9.97 Å². The van der Waals surface area contributed by atoms with Crippen LogP contribution in [-0.4, -0.2) is 29.2 Å². The van der Waals surface area contributed by atoms with Crippen LogP contribution in [0.3, 0.4) is 0 Å². The molecule has 27 heavy (non-hydrogen) atoms. The SMILES string of the molecule is CCCOc1cnc(-c2ccc(CC(C)C(=O)OCC(C)CC)cc2)nc1. The van der Waals surface area contributed by atoms with E-state index >= 15 is 0 Å². The lowest BCUT2D eigenvalue weighted by Crippen LogP contribution is -2.19. The molecular weight excluding hydrogens is 340 g/mol. The summed E-state index contributed by atoms with van der Waals surface area (Å²) in [5.41, 5.74) is 2.03. The summed E-state index contributed by atoms with van der Waals surface area (Å²) in [5, 5.41) is 0. The fraction of sp³-hybridized carbons (Fsp3) is 0.500. The van der Waals surface area contributed by atoms with Gasteiger partial charge in [0.15, 0.2) is 11.6 Å².